The lowest BCUT2D eigenvalue weighted by Gasteiger charge is -2.35. The van der Waals surface area contributed by atoms with Crippen molar-refractivity contribution in [3.63, 3.8) is 0 Å². The Morgan fingerprint density at radius 2 is 0.693 bits per heavy atom. The molecule has 4 aliphatic rings. The maximum Gasteiger partial charge on any atom is 0.139 e. The van der Waals surface area contributed by atoms with E-state index in [1.165, 1.54) is 110 Å². The van der Waals surface area contributed by atoms with Gasteiger partial charge in [0.1, 0.15) is 23.0 Å². The van der Waals surface area contributed by atoms with E-state index in [1.54, 1.807) is 0 Å². The Morgan fingerprint density at radius 3 is 1.31 bits per heavy atom. The first-order valence-corrected chi connectivity index (χ1v) is 26.4. The minimum atomic E-state index is -0.543. The van der Waals surface area contributed by atoms with Gasteiger partial charge in [-0.25, -0.2) is 0 Å². The molecule has 0 saturated heterocycles. The van der Waals surface area contributed by atoms with Crippen LogP contribution in [-0.2, 0) is 16.2 Å². The fourth-order valence-corrected chi connectivity index (χ4v) is 14.5. The molecule has 12 aromatic rings. The number of fused-ring (bicyclic) bond motifs is 18. The Bertz CT molecular complexity index is 4320. The quantitative estimate of drug-likeness (QED) is 0.164. The van der Waals surface area contributed by atoms with Gasteiger partial charge >= 0.3 is 0 Å². The van der Waals surface area contributed by atoms with E-state index in [9.17, 15) is 0 Å². The smallest absolute Gasteiger partial charge is 0.139 e. The Hall–Kier alpha value is -8.98. The molecule has 16 rings (SSSR count). The third-order valence-electron chi connectivity index (χ3n) is 17.8. The summed E-state index contributed by atoms with van der Waals surface area (Å²) in [7, 11) is 0. The molecule has 0 N–H and O–H groups in total. The van der Waals surface area contributed by atoms with Crippen molar-refractivity contribution in [3.8, 4) is 78.6 Å². The summed E-state index contributed by atoms with van der Waals surface area (Å²) in [5.41, 5.74) is 21.0. The number of hydrogen-bond acceptors (Lipinski definition) is 2. The van der Waals surface area contributed by atoms with Crippen molar-refractivity contribution in [2.45, 2.75) is 43.9 Å². The van der Waals surface area contributed by atoms with E-state index in [0.717, 1.165) is 45.3 Å². The van der Waals surface area contributed by atoms with Crippen LogP contribution in [0.4, 0.5) is 0 Å². The molecular weight excluding hydrogens is 909 g/mol. The van der Waals surface area contributed by atoms with Crippen LogP contribution in [-0.4, -0.2) is 0 Å². The van der Waals surface area contributed by atoms with E-state index < -0.39 is 5.41 Å². The van der Waals surface area contributed by atoms with Crippen LogP contribution in [0, 0.1) is 0 Å². The van der Waals surface area contributed by atoms with Crippen LogP contribution in [0.1, 0.15) is 72.2 Å². The van der Waals surface area contributed by atoms with Crippen molar-refractivity contribution >= 4 is 32.3 Å². The van der Waals surface area contributed by atoms with Gasteiger partial charge in [0, 0.05) is 44.2 Å². The van der Waals surface area contributed by atoms with E-state index in [0.29, 0.717) is 0 Å². The molecule has 0 amide bonds. The van der Waals surface area contributed by atoms with Crippen LogP contribution >= 0.6 is 0 Å². The van der Waals surface area contributed by atoms with Crippen molar-refractivity contribution in [3.05, 3.63) is 275 Å². The first-order valence-electron chi connectivity index (χ1n) is 26.4. The fourth-order valence-electron chi connectivity index (χ4n) is 14.5. The average Bonchev–Trinajstić information content (AvgIpc) is 3.92. The van der Waals surface area contributed by atoms with Gasteiger partial charge in [-0.1, -0.05) is 240 Å². The summed E-state index contributed by atoms with van der Waals surface area (Å²) < 4.78 is 14.2. The Balaban J connectivity index is 1.03. The van der Waals surface area contributed by atoms with Gasteiger partial charge in [0.25, 0.3) is 0 Å². The van der Waals surface area contributed by atoms with Crippen LogP contribution in [0.25, 0.3) is 88.0 Å². The van der Waals surface area contributed by atoms with E-state index in [4.69, 9.17) is 9.47 Å². The monoisotopic (exact) mass is 958 g/mol. The lowest BCUT2D eigenvalue weighted by atomic mass is 9.69. The SMILES string of the molecule is CC1(C)c2ccccc2Oc2c(-c3cccc4c(-c5cccc6c5-c5ccccc5C65c6ccccc6-c6ccc7ccccc7c65)c5cccc(-c6cccc7c6Oc6ccccc6C7(C)C)c5cc34)cccc21. The molecule has 2 aliphatic heterocycles. The third kappa shape index (κ3) is 5.48. The minimum absolute atomic E-state index is 0.272. The van der Waals surface area contributed by atoms with Gasteiger partial charge in [-0.05, 0) is 117 Å². The van der Waals surface area contributed by atoms with Gasteiger partial charge in [0.15, 0.2) is 0 Å². The van der Waals surface area contributed by atoms with Crippen LogP contribution in [0.5, 0.6) is 23.0 Å². The molecule has 75 heavy (non-hydrogen) atoms. The van der Waals surface area contributed by atoms with Crippen molar-refractivity contribution in [2.75, 3.05) is 0 Å². The van der Waals surface area contributed by atoms with Crippen LogP contribution in [0.2, 0.25) is 0 Å². The molecule has 0 bridgehead atoms. The summed E-state index contributed by atoms with van der Waals surface area (Å²) in [6.45, 7) is 9.30. The van der Waals surface area contributed by atoms with Gasteiger partial charge < -0.3 is 9.47 Å². The normalized spacial score (nSPS) is 16.5. The van der Waals surface area contributed by atoms with E-state index in [-0.39, 0.29) is 10.8 Å². The third-order valence-corrected chi connectivity index (χ3v) is 17.8. The number of para-hydroxylation sites is 4. The van der Waals surface area contributed by atoms with Crippen molar-refractivity contribution in [1.82, 2.24) is 0 Å². The zero-order valence-electron chi connectivity index (χ0n) is 42.3. The molecule has 0 aromatic heterocycles. The zero-order valence-corrected chi connectivity index (χ0v) is 42.3. The Labute approximate surface area is 437 Å². The van der Waals surface area contributed by atoms with Crippen LogP contribution in [0.3, 0.4) is 0 Å². The molecule has 2 nitrogen and oxygen atoms in total. The van der Waals surface area contributed by atoms with Crippen LogP contribution in [0.15, 0.2) is 231 Å². The second kappa shape index (κ2) is 15.1. The summed E-state index contributed by atoms with van der Waals surface area (Å²) >= 11 is 0. The molecule has 2 heterocycles. The van der Waals surface area contributed by atoms with Gasteiger partial charge in [-0.15, -0.1) is 0 Å². The zero-order chi connectivity index (χ0) is 50.0. The predicted octanol–water partition coefficient (Wildman–Crippen LogP) is 19.4. The second-order valence-corrected chi connectivity index (χ2v) is 22.1. The topological polar surface area (TPSA) is 18.5 Å². The lowest BCUT2D eigenvalue weighted by molar-refractivity contribution is 0.419. The van der Waals surface area contributed by atoms with Crippen molar-refractivity contribution < 1.29 is 9.47 Å². The molecule has 2 heteroatoms. The molecule has 1 spiro atoms. The summed E-state index contributed by atoms with van der Waals surface area (Å²) in [6.07, 6.45) is 0. The molecule has 0 fully saturated rings. The highest BCUT2D eigenvalue weighted by Crippen LogP contribution is 2.66. The molecule has 354 valence electrons. The summed E-state index contributed by atoms with van der Waals surface area (Å²) in [5, 5.41) is 7.26. The van der Waals surface area contributed by atoms with E-state index in [2.05, 4.69) is 258 Å². The van der Waals surface area contributed by atoms with E-state index >= 15 is 0 Å². The number of hydrogen-bond donors (Lipinski definition) is 0. The van der Waals surface area contributed by atoms with Crippen molar-refractivity contribution in [2.24, 2.45) is 0 Å². The average molecular weight is 959 g/mol. The fraction of sp³-hybridized carbons (Fsp3) is 0.0959. The molecule has 1 atom stereocenters. The summed E-state index contributed by atoms with van der Waals surface area (Å²) in [4.78, 5) is 0. The number of ether oxygens (including phenoxy) is 2. The maximum atomic E-state index is 7.08. The van der Waals surface area contributed by atoms with Crippen LogP contribution < -0.4 is 9.47 Å². The highest BCUT2D eigenvalue weighted by Gasteiger charge is 2.53. The number of benzene rings is 12. The number of rotatable bonds is 3. The van der Waals surface area contributed by atoms with Gasteiger partial charge in [-0.2, -0.15) is 0 Å². The first kappa shape index (κ1) is 42.5. The predicted molar refractivity (Wildman–Crippen MR) is 309 cm³/mol. The Morgan fingerprint density at radius 1 is 0.267 bits per heavy atom. The standard InChI is InChI=1S/C73H50O2/c1-71(2)59-33-11-13-38-64(59)74-69-51(28-17-36-62(69)71)45-24-15-26-48-55(45)42-56-46(52-29-18-37-63-70(52)75-65-39-14-12-34-60(65)72(63,3)4)25-16-27-49(56)66(48)54-30-19-35-61-67(54)53-23-8-10-32-58(53)73(61)57-31-9-7-22-47(57)50-41-40-43-20-5-6-21-44(43)68(50)73/h5-42H,1-4H3. The van der Waals surface area contributed by atoms with Gasteiger partial charge in [-0.3, -0.25) is 0 Å². The largest absolute Gasteiger partial charge is 0.456 e. The molecule has 2 aliphatic carbocycles. The molecule has 0 saturated carbocycles. The summed E-state index contributed by atoms with van der Waals surface area (Å²) in [6, 6.07) is 86.0. The molecular formula is C73H50O2. The van der Waals surface area contributed by atoms with Gasteiger partial charge in [0.2, 0.25) is 0 Å². The lowest BCUT2D eigenvalue weighted by Crippen LogP contribution is -2.26. The minimum Gasteiger partial charge on any atom is -0.456 e. The molecule has 0 radical (unpaired) electrons. The van der Waals surface area contributed by atoms with Crippen molar-refractivity contribution in [1.29, 1.82) is 0 Å². The molecule has 12 aromatic carbocycles. The maximum absolute atomic E-state index is 7.08. The van der Waals surface area contributed by atoms with Gasteiger partial charge in [0.05, 0.1) is 5.41 Å². The highest BCUT2D eigenvalue weighted by atomic mass is 16.5. The Kier molecular flexibility index (Phi) is 8.54. The first-order chi connectivity index (χ1) is 36.7. The summed E-state index contributed by atoms with van der Waals surface area (Å²) in [5.74, 6) is 3.64. The highest BCUT2D eigenvalue weighted by molar-refractivity contribution is 6.21. The molecule has 1 unspecified atom stereocenters. The second-order valence-electron chi connectivity index (χ2n) is 22.1. The van der Waals surface area contributed by atoms with E-state index in [1.807, 2.05) is 0 Å².